The van der Waals surface area contributed by atoms with Gasteiger partial charge in [0.1, 0.15) is 0 Å². The van der Waals surface area contributed by atoms with Gasteiger partial charge in [-0.05, 0) is 50.4 Å². The Morgan fingerprint density at radius 2 is 2.06 bits per heavy atom. The Labute approximate surface area is 120 Å². The molecule has 0 spiro atoms. The molecule has 0 radical (unpaired) electrons. The fourth-order valence-electron chi connectivity index (χ4n) is 1.27. The molecule has 1 rings (SSSR count). The molecular weight excluding hydrogens is 378 g/mol. The molecule has 0 aliphatic carbocycles. The van der Waals surface area contributed by atoms with E-state index < -0.39 is 12.6 Å². The van der Waals surface area contributed by atoms with Crippen LogP contribution in [0.4, 0.5) is 8.78 Å². The van der Waals surface area contributed by atoms with Crippen LogP contribution in [0.25, 0.3) is 0 Å². The summed E-state index contributed by atoms with van der Waals surface area (Å²) in [5, 5.41) is 0. The van der Waals surface area contributed by atoms with Crippen LogP contribution in [0.1, 0.15) is 12.5 Å². The maximum absolute atomic E-state index is 12.2. The summed E-state index contributed by atoms with van der Waals surface area (Å²) in [7, 11) is 0. The van der Waals surface area contributed by atoms with Crippen molar-refractivity contribution in [3.63, 3.8) is 0 Å². The van der Waals surface area contributed by atoms with Crippen LogP contribution in [0.5, 0.6) is 5.75 Å². The van der Waals surface area contributed by atoms with Gasteiger partial charge in [-0.3, -0.25) is 4.79 Å². The van der Waals surface area contributed by atoms with E-state index in [9.17, 15) is 13.6 Å². The monoisotopic (exact) mass is 386 g/mol. The Morgan fingerprint density at radius 1 is 1.39 bits per heavy atom. The lowest BCUT2D eigenvalue weighted by Crippen LogP contribution is -2.09. The van der Waals surface area contributed by atoms with Crippen LogP contribution in [0.15, 0.2) is 21.1 Å². The Balaban J connectivity index is 2.97. The standard InChI is InChI=1S/C11H10Br2F2O3/c1-2-17-8(16)5-6-3-4-7(12)10(9(6)13)18-11(14)15/h3-4,11H,2,5H2,1H3. The van der Waals surface area contributed by atoms with E-state index in [2.05, 4.69) is 36.6 Å². The molecule has 18 heavy (non-hydrogen) atoms. The molecule has 7 heteroatoms. The lowest BCUT2D eigenvalue weighted by molar-refractivity contribution is -0.142. The van der Waals surface area contributed by atoms with Gasteiger partial charge in [0.15, 0.2) is 5.75 Å². The number of carbonyl (C=O) groups excluding carboxylic acids is 1. The number of esters is 1. The summed E-state index contributed by atoms with van der Waals surface area (Å²) >= 11 is 6.25. The summed E-state index contributed by atoms with van der Waals surface area (Å²) in [6.07, 6.45) is -0.0126. The van der Waals surface area contributed by atoms with Gasteiger partial charge in [0.2, 0.25) is 0 Å². The normalized spacial score (nSPS) is 10.6. The van der Waals surface area contributed by atoms with Crippen molar-refractivity contribution in [1.29, 1.82) is 0 Å². The van der Waals surface area contributed by atoms with E-state index in [0.717, 1.165) is 0 Å². The summed E-state index contributed by atoms with van der Waals surface area (Å²) in [6.45, 7) is -0.969. The highest BCUT2D eigenvalue weighted by molar-refractivity contribution is 9.11. The van der Waals surface area contributed by atoms with Crippen LogP contribution in [-0.2, 0) is 16.0 Å². The Bertz CT molecular complexity index is 439. The molecule has 0 atom stereocenters. The average molecular weight is 388 g/mol. The van der Waals surface area contributed by atoms with Crippen LogP contribution in [-0.4, -0.2) is 19.2 Å². The predicted molar refractivity (Wildman–Crippen MR) is 68.8 cm³/mol. The summed E-state index contributed by atoms with van der Waals surface area (Å²) in [6, 6.07) is 3.17. The van der Waals surface area contributed by atoms with Gasteiger partial charge < -0.3 is 9.47 Å². The molecule has 0 N–H and O–H groups in total. The summed E-state index contributed by atoms with van der Waals surface area (Å²) < 4.78 is 34.3. The van der Waals surface area contributed by atoms with Crippen molar-refractivity contribution in [2.24, 2.45) is 0 Å². The Morgan fingerprint density at radius 3 is 2.61 bits per heavy atom. The lowest BCUT2D eigenvalue weighted by atomic mass is 10.1. The van der Waals surface area contributed by atoms with E-state index in [1.807, 2.05) is 0 Å². The van der Waals surface area contributed by atoms with Gasteiger partial charge in [-0.15, -0.1) is 0 Å². The van der Waals surface area contributed by atoms with Crippen LogP contribution < -0.4 is 4.74 Å². The van der Waals surface area contributed by atoms with Crippen molar-refractivity contribution < 1.29 is 23.0 Å². The number of benzene rings is 1. The second kappa shape index (κ2) is 7.04. The molecule has 3 nitrogen and oxygen atoms in total. The second-order valence-electron chi connectivity index (χ2n) is 3.21. The van der Waals surface area contributed by atoms with Gasteiger partial charge in [0.05, 0.1) is 22.0 Å². The fourth-order valence-corrected chi connectivity index (χ4v) is 2.54. The highest BCUT2D eigenvalue weighted by Crippen LogP contribution is 2.37. The zero-order chi connectivity index (χ0) is 13.7. The third-order valence-electron chi connectivity index (χ3n) is 1.98. The van der Waals surface area contributed by atoms with E-state index >= 15 is 0 Å². The molecule has 0 aliphatic heterocycles. The van der Waals surface area contributed by atoms with E-state index in [0.29, 0.717) is 14.5 Å². The average Bonchev–Trinajstić information content (AvgIpc) is 2.28. The fraction of sp³-hybridized carbons (Fsp3) is 0.364. The number of alkyl halides is 2. The number of hydrogen-bond acceptors (Lipinski definition) is 3. The third kappa shape index (κ3) is 4.20. The first-order chi connectivity index (χ1) is 8.45. The smallest absolute Gasteiger partial charge is 0.387 e. The summed E-state index contributed by atoms with van der Waals surface area (Å²) in [4.78, 5) is 11.3. The van der Waals surface area contributed by atoms with E-state index in [1.54, 1.807) is 13.0 Å². The molecular formula is C11H10Br2F2O3. The van der Waals surface area contributed by atoms with Crippen molar-refractivity contribution >= 4 is 37.8 Å². The zero-order valence-electron chi connectivity index (χ0n) is 9.38. The molecule has 100 valence electrons. The van der Waals surface area contributed by atoms with Crippen molar-refractivity contribution in [3.05, 3.63) is 26.6 Å². The third-order valence-corrected chi connectivity index (χ3v) is 3.47. The molecule has 0 aromatic heterocycles. The molecule has 0 bridgehead atoms. The number of carbonyl (C=O) groups is 1. The molecule has 0 unspecified atom stereocenters. The second-order valence-corrected chi connectivity index (χ2v) is 4.86. The van der Waals surface area contributed by atoms with Crippen LogP contribution in [0.3, 0.4) is 0 Å². The SMILES string of the molecule is CCOC(=O)Cc1ccc(Br)c(OC(F)F)c1Br. The first-order valence-electron chi connectivity index (χ1n) is 5.03. The maximum atomic E-state index is 12.2. The van der Waals surface area contributed by atoms with Crippen LogP contribution >= 0.6 is 31.9 Å². The summed E-state index contributed by atoms with van der Waals surface area (Å²) in [5.41, 5.74) is 0.521. The number of hydrogen-bond donors (Lipinski definition) is 0. The molecule has 0 amide bonds. The van der Waals surface area contributed by atoms with Crippen LogP contribution in [0.2, 0.25) is 0 Å². The quantitative estimate of drug-likeness (QED) is 0.718. The zero-order valence-corrected chi connectivity index (χ0v) is 12.6. The van der Waals surface area contributed by atoms with Gasteiger partial charge in [0.25, 0.3) is 0 Å². The Hall–Kier alpha value is -0.690. The van der Waals surface area contributed by atoms with Gasteiger partial charge >= 0.3 is 12.6 Å². The van der Waals surface area contributed by atoms with Crippen molar-refractivity contribution in [1.82, 2.24) is 0 Å². The van der Waals surface area contributed by atoms with E-state index in [-0.39, 0.29) is 18.8 Å². The molecule has 0 saturated carbocycles. The minimum Gasteiger partial charge on any atom is -0.466 e. The largest absolute Gasteiger partial charge is 0.466 e. The molecule has 1 aromatic rings. The number of ether oxygens (including phenoxy) is 2. The summed E-state index contributed by atoms with van der Waals surface area (Å²) in [5.74, 6) is -0.463. The van der Waals surface area contributed by atoms with Gasteiger partial charge in [0, 0.05) is 0 Å². The molecule has 0 fully saturated rings. The highest BCUT2D eigenvalue weighted by atomic mass is 79.9. The van der Waals surface area contributed by atoms with E-state index in [4.69, 9.17) is 4.74 Å². The van der Waals surface area contributed by atoms with Gasteiger partial charge in [-0.25, -0.2) is 0 Å². The first kappa shape index (κ1) is 15.4. The molecule has 1 aromatic carbocycles. The Kier molecular flexibility index (Phi) is 6.01. The number of rotatable bonds is 5. The van der Waals surface area contributed by atoms with Crippen LogP contribution in [0, 0.1) is 0 Å². The molecule has 0 aliphatic rings. The maximum Gasteiger partial charge on any atom is 0.387 e. The topological polar surface area (TPSA) is 35.5 Å². The van der Waals surface area contributed by atoms with Crippen molar-refractivity contribution in [2.75, 3.05) is 6.61 Å². The number of halogens is 4. The molecule has 0 saturated heterocycles. The minimum absolute atomic E-state index is 0.0126. The minimum atomic E-state index is -2.93. The van der Waals surface area contributed by atoms with Crippen molar-refractivity contribution in [2.45, 2.75) is 20.0 Å². The van der Waals surface area contributed by atoms with E-state index in [1.165, 1.54) is 6.07 Å². The highest BCUT2D eigenvalue weighted by Gasteiger charge is 2.17. The lowest BCUT2D eigenvalue weighted by Gasteiger charge is -2.12. The van der Waals surface area contributed by atoms with Gasteiger partial charge in [-0.1, -0.05) is 6.07 Å². The van der Waals surface area contributed by atoms with Crippen molar-refractivity contribution in [3.8, 4) is 5.75 Å². The van der Waals surface area contributed by atoms with Gasteiger partial charge in [-0.2, -0.15) is 8.78 Å². The predicted octanol–water partition coefficient (Wildman–Crippen LogP) is 3.92. The molecule has 0 heterocycles. The first-order valence-corrected chi connectivity index (χ1v) is 6.61.